The monoisotopic (exact) mass is 245 g/mol. The molecule has 18 heavy (non-hydrogen) atoms. The molecule has 0 amide bonds. The zero-order valence-electron chi connectivity index (χ0n) is 11.3. The van der Waals surface area contributed by atoms with E-state index in [9.17, 15) is 4.79 Å². The van der Waals surface area contributed by atoms with Gasteiger partial charge in [0.05, 0.1) is 5.41 Å². The van der Waals surface area contributed by atoms with Crippen LogP contribution in [0.1, 0.15) is 25.1 Å². The SMILES string of the molecule is Cc1cc2cc(CC(C)(C)C(=O)O)ccc2n1C. The van der Waals surface area contributed by atoms with Crippen molar-refractivity contribution in [3.63, 3.8) is 0 Å². The number of fused-ring (bicyclic) bond motifs is 1. The zero-order chi connectivity index (χ0) is 13.5. The van der Waals surface area contributed by atoms with Gasteiger partial charge in [-0.05, 0) is 51.0 Å². The van der Waals surface area contributed by atoms with Crippen LogP contribution in [0.15, 0.2) is 24.3 Å². The highest BCUT2D eigenvalue weighted by molar-refractivity contribution is 5.82. The summed E-state index contributed by atoms with van der Waals surface area (Å²) in [6.07, 6.45) is 0.548. The van der Waals surface area contributed by atoms with Crippen molar-refractivity contribution in [2.45, 2.75) is 27.2 Å². The first kappa shape index (κ1) is 12.7. The molecule has 1 aromatic heterocycles. The smallest absolute Gasteiger partial charge is 0.309 e. The highest BCUT2D eigenvalue weighted by Gasteiger charge is 2.27. The Labute approximate surface area is 107 Å². The lowest BCUT2D eigenvalue weighted by Gasteiger charge is -2.18. The lowest BCUT2D eigenvalue weighted by atomic mass is 9.86. The summed E-state index contributed by atoms with van der Waals surface area (Å²) < 4.78 is 2.14. The molecule has 0 radical (unpaired) electrons. The topological polar surface area (TPSA) is 42.2 Å². The predicted octanol–water partition coefficient (Wildman–Crippen LogP) is 3.14. The van der Waals surface area contributed by atoms with Crippen molar-refractivity contribution in [2.75, 3.05) is 0 Å². The molecule has 0 aliphatic heterocycles. The second-order valence-corrected chi connectivity index (χ2v) is 5.60. The summed E-state index contributed by atoms with van der Waals surface area (Å²) in [6.45, 7) is 5.59. The number of aliphatic carboxylic acids is 1. The van der Waals surface area contributed by atoms with Crippen LogP contribution in [0.3, 0.4) is 0 Å². The number of carboxylic acid groups (broad SMARTS) is 1. The molecule has 1 heterocycles. The average molecular weight is 245 g/mol. The zero-order valence-corrected chi connectivity index (χ0v) is 11.3. The van der Waals surface area contributed by atoms with Gasteiger partial charge in [-0.2, -0.15) is 0 Å². The maximum Gasteiger partial charge on any atom is 0.309 e. The highest BCUT2D eigenvalue weighted by Crippen LogP contribution is 2.26. The van der Waals surface area contributed by atoms with Crippen LogP contribution in [-0.2, 0) is 18.3 Å². The van der Waals surface area contributed by atoms with Gasteiger partial charge in [0, 0.05) is 23.6 Å². The van der Waals surface area contributed by atoms with Crippen LogP contribution in [0.25, 0.3) is 10.9 Å². The van der Waals surface area contributed by atoms with Gasteiger partial charge in [-0.25, -0.2) is 0 Å². The predicted molar refractivity (Wildman–Crippen MR) is 72.8 cm³/mol. The van der Waals surface area contributed by atoms with Gasteiger partial charge in [0.1, 0.15) is 0 Å². The van der Waals surface area contributed by atoms with Crippen LogP contribution in [-0.4, -0.2) is 15.6 Å². The van der Waals surface area contributed by atoms with E-state index < -0.39 is 11.4 Å². The third-order valence-electron chi connectivity index (χ3n) is 3.57. The van der Waals surface area contributed by atoms with E-state index in [1.54, 1.807) is 13.8 Å². The van der Waals surface area contributed by atoms with E-state index in [-0.39, 0.29) is 0 Å². The Morgan fingerprint density at radius 1 is 1.33 bits per heavy atom. The first-order valence-corrected chi connectivity index (χ1v) is 6.09. The maximum atomic E-state index is 11.1. The molecule has 0 aliphatic carbocycles. The molecule has 0 aliphatic rings. The van der Waals surface area contributed by atoms with Gasteiger partial charge < -0.3 is 9.67 Å². The highest BCUT2D eigenvalue weighted by atomic mass is 16.4. The average Bonchev–Trinajstić information content (AvgIpc) is 2.53. The molecule has 2 aromatic rings. The number of rotatable bonds is 3. The molecular weight excluding hydrogens is 226 g/mol. The minimum absolute atomic E-state index is 0.548. The third kappa shape index (κ3) is 2.13. The first-order valence-electron chi connectivity index (χ1n) is 6.09. The summed E-state index contributed by atoms with van der Waals surface area (Å²) in [4.78, 5) is 11.1. The van der Waals surface area contributed by atoms with E-state index >= 15 is 0 Å². The number of carboxylic acids is 1. The van der Waals surface area contributed by atoms with Crippen LogP contribution in [0.5, 0.6) is 0 Å². The van der Waals surface area contributed by atoms with Crippen LogP contribution in [0.2, 0.25) is 0 Å². The fraction of sp³-hybridized carbons (Fsp3) is 0.400. The molecule has 1 N–H and O–H groups in total. The van der Waals surface area contributed by atoms with Crippen molar-refractivity contribution in [1.29, 1.82) is 0 Å². The van der Waals surface area contributed by atoms with Crippen molar-refractivity contribution < 1.29 is 9.90 Å². The van der Waals surface area contributed by atoms with Gasteiger partial charge in [0.25, 0.3) is 0 Å². The van der Waals surface area contributed by atoms with Gasteiger partial charge in [-0.3, -0.25) is 4.79 Å². The van der Waals surface area contributed by atoms with E-state index in [1.165, 1.54) is 16.6 Å². The summed E-state index contributed by atoms with van der Waals surface area (Å²) in [6, 6.07) is 8.31. The largest absolute Gasteiger partial charge is 0.481 e. The summed E-state index contributed by atoms with van der Waals surface area (Å²) >= 11 is 0. The van der Waals surface area contributed by atoms with Crippen molar-refractivity contribution in [1.82, 2.24) is 4.57 Å². The van der Waals surface area contributed by atoms with Gasteiger partial charge >= 0.3 is 5.97 Å². The molecule has 0 saturated carbocycles. The summed E-state index contributed by atoms with van der Waals surface area (Å²) in [5.41, 5.74) is 2.74. The van der Waals surface area contributed by atoms with Gasteiger partial charge in [-0.1, -0.05) is 6.07 Å². The summed E-state index contributed by atoms with van der Waals surface area (Å²) in [5, 5.41) is 10.3. The Morgan fingerprint density at radius 2 is 2.00 bits per heavy atom. The van der Waals surface area contributed by atoms with E-state index in [1.807, 2.05) is 13.1 Å². The molecule has 3 nitrogen and oxygen atoms in total. The van der Waals surface area contributed by atoms with Crippen molar-refractivity contribution in [3.05, 3.63) is 35.5 Å². The molecule has 96 valence electrons. The first-order chi connectivity index (χ1) is 8.31. The second-order valence-electron chi connectivity index (χ2n) is 5.60. The molecule has 0 unspecified atom stereocenters. The fourth-order valence-corrected chi connectivity index (χ4v) is 2.23. The Kier molecular flexibility index (Phi) is 2.93. The van der Waals surface area contributed by atoms with Crippen LogP contribution >= 0.6 is 0 Å². The minimum atomic E-state index is -0.758. The minimum Gasteiger partial charge on any atom is -0.481 e. The molecule has 3 heteroatoms. The van der Waals surface area contributed by atoms with Crippen molar-refractivity contribution >= 4 is 16.9 Å². The van der Waals surface area contributed by atoms with E-state index in [4.69, 9.17) is 5.11 Å². The van der Waals surface area contributed by atoms with Gasteiger partial charge in [0.15, 0.2) is 0 Å². The quantitative estimate of drug-likeness (QED) is 0.902. The lowest BCUT2D eigenvalue weighted by Crippen LogP contribution is -2.26. The number of carbonyl (C=O) groups is 1. The number of aryl methyl sites for hydroxylation is 2. The van der Waals surface area contributed by atoms with Gasteiger partial charge in [-0.15, -0.1) is 0 Å². The number of hydrogen-bond acceptors (Lipinski definition) is 1. The van der Waals surface area contributed by atoms with E-state index in [0.717, 1.165) is 5.56 Å². The van der Waals surface area contributed by atoms with Crippen LogP contribution < -0.4 is 0 Å². The Morgan fingerprint density at radius 3 is 2.61 bits per heavy atom. The number of aromatic nitrogens is 1. The van der Waals surface area contributed by atoms with Crippen molar-refractivity contribution in [2.24, 2.45) is 12.5 Å². The summed E-state index contributed by atoms with van der Waals surface area (Å²) in [7, 11) is 2.04. The molecule has 0 atom stereocenters. The van der Waals surface area contributed by atoms with Gasteiger partial charge in [0.2, 0.25) is 0 Å². The fourth-order valence-electron chi connectivity index (χ4n) is 2.23. The normalized spacial score (nSPS) is 12.0. The standard InChI is InChI=1S/C15H19NO2/c1-10-7-12-8-11(5-6-13(12)16(10)4)9-15(2,3)14(17)18/h5-8H,9H2,1-4H3,(H,17,18). The number of nitrogens with zero attached hydrogens (tertiary/aromatic N) is 1. The maximum absolute atomic E-state index is 11.1. The summed E-state index contributed by atoms with van der Waals surface area (Å²) in [5.74, 6) is -0.758. The molecule has 0 fully saturated rings. The van der Waals surface area contributed by atoms with E-state index in [0.29, 0.717) is 6.42 Å². The molecular formula is C15H19NO2. The van der Waals surface area contributed by atoms with Crippen LogP contribution in [0, 0.1) is 12.3 Å². The van der Waals surface area contributed by atoms with Crippen molar-refractivity contribution in [3.8, 4) is 0 Å². The Bertz CT molecular complexity index is 608. The molecule has 0 bridgehead atoms. The Balaban J connectivity index is 2.39. The number of hydrogen-bond donors (Lipinski definition) is 1. The second kappa shape index (κ2) is 4.16. The third-order valence-corrected chi connectivity index (χ3v) is 3.57. The molecule has 1 aromatic carbocycles. The lowest BCUT2D eigenvalue weighted by molar-refractivity contribution is -0.146. The van der Waals surface area contributed by atoms with E-state index in [2.05, 4.69) is 29.7 Å². The number of benzene rings is 1. The Hall–Kier alpha value is -1.77. The molecule has 0 spiro atoms. The molecule has 0 saturated heterocycles. The van der Waals surface area contributed by atoms with Crippen LogP contribution in [0.4, 0.5) is 0 Å². The molecule has 2 rings (SSSR count).